The number of carbonyl (C=O) groups is 1. The smallest absolute Gasteiger partial charge is 0.333 e. The Labute approximate surface area is 264 Å². The molecule has 2 N–H and O–H groups in total. The summed E-state index contributed by atoms with van der Waals surface area (Å²) in [7, 11) is 0. The number of halogens is 3. The monoisotopic (exact) mass is 626 g/mol. The van der Waals surface area contributed by atoms with Crippen molar-refractivity contribution in [2.24, 2.45) is 11.0 Å². The average Bonchev–Trinajstić information content (AvgIpc) is 3.65. The molecule has 0 aromatic heterocycles. The van der Waals surface area contributed by atoms with Gasteiger partial charge in [-0.05, 0) is 51.5 Å². The van der Waals surface area contributed by atoms with Gasteiger partial charge in [0.15, 0.2) is 11.8 Å². The van der Waals surface area contributed by atoms with Gasteiger partial charge in [-0.15, -0.1) is 0 Å². The zero-order chi connectivity index (χ0) is 31.7. The summed E-state index contributed by atoms with van der Waals surface area (Å²) in [6.07, 6.45) is -1.51. The van der Waals surface area contributed by atoms with Crippen LogP contribution in [0.4, 0.5) is 13.2 Å². The third-order valence-corrected chi connectivity index (χ3v) is 8.72. The van der Waals surface area contributed by atoms with Crippen LogP contribution in [0.15, 0.2) is 101 Å². The van der Waals surface area contributed by atoms with Gasteiger partial charge in [0.25, 0.3) is 0 Å². The van der Waals surface area contributed by atoms with Crippen LogP contribution in [-0.4, -0.2) is 46.7 Å². The highest BCUT2D eigenvalue weighted by molar-refractivity contribution is 7.81. The van der Waals surface area contributed by atoms with Crippen molar-refractivity contribution in [2.45, 2.75) is 31.9 Å². The normalized spacial score (nSPS) is 18.8. The van der Waals surface area contributed by atoms with E-state index in [-0.39, 0.29) is 18.2 Å². The van der Waals surface area contributed by atoms with Gasteiger partial charge in [-0.25, -0.2) is 4.79 Å². The molecule has 0 spiro atoms. The highest BCUT2D eigenvalue weighted by Crippen LogP contribution is 2.53. The first-order chi connectivity index (χ1) is 21.7. The first kappa shape index (κ1) is 30.2. The van der Waals surface area contributed by atoms with Crippen LogP contribution in [0.2, 0.25) is 0 Å². The number of unbranched alkanes of at least 4 members (excludes halogenated alkanes) is 1. The molecule has 2 unspecified atom stereocenters. The van der Waals surface area contributed by atoms with E-state index in [0.717, 1.165) is 32.7 Å². The molecule has 1 amide bonds. The van der Waals surface area contributed by atoms with Gasteiger partial charge in [-0.1, -0.05) is 104 Å². The summed E-state index contributed by atoms with van der Waals surface area (Å²) in [6, 6.07) is 25.0. The van der Waals surface area contributed by atoms with Gasteiger partial charge < -0.3 is 10.2 Å². The lowest BCUT2D eigenvalue weighted by Gasteiger charge is -2.32. The molecule has 0 fully saturated rings. The van der Waals surface area contributed by atoms with Crippen LogP contribution in [0.25, 0.3) is 22.3 Å². The van der Waals surface area contributed by atoms with E-state index in [4.69, 9.17) is 12.2 Å². The Kier molecular flexibility index (Phi) is 8.27. The summed E-state index contributed by atoms with van der Waals surface area (Å²) < 4.78 is 41.2. The fraction of sp³-hybridized carbons (Fsp3) is 0.229. The molecule has 0 bridgehead atoms. The highest BCUT2D eigenvalue weighted by Gasteiger charge is 2.49. The number of fused-ring (bicyclic) bond motifs is 3. The number of rotatable bonds is 8. The summed E-state index contributed by atoms with van der Waals surface area (Å²) in [5.74, 6) is -0.268. The van der Waals surface area contributed by atoms with Gasteiger partial charge in [0.05, 0.1) is 5.92 Å². The predicted molar refractivity (Wildman–Crippen MR) is 173 cm³/mol. The van der Waals surface area contributed by atoms with E-state index in [1.54, 1.807) is 18.1 Å². The van der Waals surface area contributed by atoms with Gasteiger partial charge in [-0.3, -0.25) is 10.2 Å². The van der Waals surface area contributed by atoms with Crippen molar-refractivity contribution in [2.75, 3.05) is 13.1 Å². The third-order valence-electron chi connectivity index (χ3n) is 8.27. The number of amidine groups is 1. The van der Waals surface area contributed by atoms with Crippen molar-refractivity contribution >= 4 is 45.9 Å². The van der Waals surface area contributed by atoms with Gasteiger partial charge in [0.2, 0.25) is 11.7 Å². The fourth-order valence-corrected chi connectivity index (χ4v) is 6.81. The van der Waals surface area contributed by atoms with Crippen LogP contribution in [-0.2, 0) is 9.59 Å². The van der Waals surface area contributed by atoms with E-state index in [1.165, 1.54) is 0 Å². The second-order valence-electron chi connectivity index (χ2n) is 11.1. The molecule has 45 heavy (non-hydrogen) atoms. The number of thiocarbonyl (C=S) groups is 1. The number of allylic oxidation sites excluding steroid dienone is 3. The van der Waals surface area contributed by atoms with Crippen LogP contribution in [0, 0.1) is 5.92 Å². The minimum absolute atomic E-state index is 0.00373. The zero-order valence-corrected chi connectivity index (χ0v) is 25.1. The molecular weight excluding hydrogens is 597 g/mol. The highest BCUT2D eigenvalue weighted by atomic mass is 32.1. The summed E-state index contributed by atoms with van der Waals surface area (Å²) in [5, 5.41) is 7.27. The summed E-state index contributed by atoms with van der Waals surface area (Å²) in [5.41, 5.74) is 8.73. The molecule has 3 aromatic rings. The molecule has 6 rings (SSSR count). The average molecular weight is 627 g/mol. The molecule has 3 aromatic carbocycles. The number of carbonyl (C=O) groups excluding carboxylic acids is 2. The van der Waals surface area contributed by atoms with Crippen molar-refractivity contribution in [3.8, 4) is 11.1 Å². The maximum Gasteiger partial charge on any atom is 0.406 e. The maximum absolute atomic E-state index is 14.2. The molecule has 2 aliphatic carbocycles. The molecule has 6 nitrogen and oxygen atoms in total. The number of hydrogen-bond acceptors (Lipinski definition) is 6. The Morgan fingerprint density at radius 3 is 2.31 bits per heavy atom. The quantitative estimate of drug-likeness (QED) is 0.216. The van der Waals surface area contributed by atoms with E-state index >= 15 is 0 Å². The largest absolute Gasteiger partial charge is 0.406 e. The topological polar surface area (TPSA) is 73.8 Å². The van der Waals surface area contributed by atoms with E-state index in [1.807, 2.05) is 79.7 Å². The van der Waals surface area contributed by atoms with Crippen LogP contribution in [0.3, 0.4) is 0 Å². The number of alkyl halides is 3. The lowest BCUT2D eigenvalue weighted by atomic mass is 9.76. The first-order valence-electron chi connectivity index (χ1n) is 14.7. The van der Waals surface area contributed by atoms with E-state index in [9.17, 15) is 22.8 Å². The van der Waals surface area contributed by atoms with E-state index in [2.05, 4.69) is 15.8 Å². The number of hydrogen-bond donors (Lipinski definition) is 2. The minimum Gasteiger partial charge on any atom is -0.333 e. The maximum atomic E-state index is 14.2. The zero-order valence-electron chi connectivity index (χ0n) is 24.3. The van der Waals surface area contributed by atoms with E-state index in [0.29, 0.717) is 34.4 Å². The fourth-order valence-electron chi connectivity index (χ4n) is 6.34. The van der Waals surface area contributed by atoms with Gasteiger partial charge in [0.1, 0.15) is 6.54 Å². The van der Waals surface area contributed by atoms with Gasteiger partial charge in [0, 0.05) is 22.9 Å². The molecule has 228 valence electrons. The Balaban J connectivity index is 1.55. The Morgan fingerprint density at radius 1 is 0.978 bits per heavy atom. The molecule has 1 heterocycles. The van der Waals surface area contributed by atoms with Crippen LogP contribution in [0.1, 0.15) is 42.4 Å². The molecule has 3 aliphatic rings. The van der Waals surface area contributed by atoms with Crippen molar-refractivity contribution < 1.29 is 22.8 Å². The lowest BCUT2D eigenvalue weighted by Crippen LogP contribution is -2.44. The van der Waals surface area contributed by atoms with Crippen LogP contribution >= 0.6 is 12.2 Å². The Morgan fingerprint density at radius 2 is 1.64 bits per heavy atom. The standard InChI is InChI=1S/C35H29F3N4O2S/c1-2-3-17-42(20-35(36,37)38)34(44)30-25-16-10-9-15-24(25)26-18-27(23-14-8-7-13-22(23)21-11-5-4-6-12-21)31(32(45)29(26)30)33-39-28(19-43)40-41-33/h4-16,18,29-30,40H,2-3,17,20H2,1H3,(H,39,41). The number of hydrazone groups is 1. The van der Waals surface area contributed by atoms with Crippen molar-refractivity contribution in [1.82, 2.24) is 15.6 Å². The van der Waals surface area contributed by atoms with Gasteiger partial charge in [-0.2, -0.15) is 18.3 Å². The summed E-state index contributed by atoms with van der Waals surface area (Å²) >= 11 is 6.19. The van der Waals surface area contributed by atoms with Crippen LogP contribution in [0.5, 0.6) is 0 Å². The predicted octanol–water partition coefficient (Wildman–Crippen LogP) is 6.66. The van der Waals surface area contributed by atoms with Crippen molar-refractivity contribution in [3.05, 3.63) is 113 Å². The third kappa shape index (κ3) is 5.75. The SMILES string of the molecule is CCCCN(CC(F)(F)F)C(=O)C1c2ccccc2C2=CC(c3ccccc3-c3ccccc3)=C(C3=NNC(=C=O)N3)C(=S)C21. The number of nitrogens with one attached hydrogen (secondary N) is 2. The second-order valence-corrected chi connectivity index (χ2v) is 11.5. The molecule has 0 saturated heterocycles. The second kappa shape index (κ2) is 12.3. The molecule has 0 saturated carbocycles. The summed E-state index contributed by atoms with van der Waals surface area (Å²) in [6.45, 7) is 0.513. The molecular formula is C35H29F3N4O2S. The Hall–Kier alpha value is -4.79. The minimum atomic E-state index is -4.56. The van der Waals surface area contributed by atoms with Crippen LogP contribution < -0.4 is 10.7 Å². The number of nitrogens with zero attached hydrogens (tertiary/aromatic N) is 2. The molecule has 0 radical (unpaired) electrons. The van der Waals surface area contributed by atoms with Crippen molar-refractivity contribution in [3.63, 3.8) is 0 Å². The molecule has 2 atom stereocenters. The van der Waals surface area contributed by atoms with Crippen molar-refractivity contribution in [1.29, 1.82) is 0 Å². The summed E-state index contributed by atoms with van der Waals surface area (Å²) in [4.78, 5) is 27.0. The lowest BCUT2D eigenvalue weighted by molar-refractivity contribution is -0.162. The number of benzene rings is 3. The molecule has 10 heteroatoms. The first-order valence-corrected chi connectivity index (χ1v) is 15.1. The van der Waals surface area contributed by atoms with Gasteiger partial charge >= 0.3 is 6.18 Å². The van der Waals surface area contributed by atoms with E-state index < -0.39 is 30.5 Å². The Bertz CT molecular complexity index is 1820. The molecule has 1 aliphatic heterocycles. The number of amides is 1.